The van der Waals surface area contributed by atoms with E-state index in [0.717, 1.165) is 11.4 Å². The normalized spacial score (nSPS) is 12.3. The van der Waals surface area contributed by atoms with E-state index in [1.165, 1.54) is 0 Å². The zero-order valence-electron chi connectivity index (χ0n) is 11.3. The average Bonchev–Trinajstić information content (AvgIpc) is 2.84. The highest BCUT2D eigenvalue weighted by atomic mass is 35.5. The molecule has 0 aliphatic rings. The van der Waals surface area contributed by atoms with Gasteiger partial charge in [0, 0.05) is 30.9 Å². The van der Waals surface area contributed by atoms with Crippen LogP contribution in [-0.2, 0) is 18.4 Å². The molecular weight excluding hydrogens is 278 g/mol. The van der Waals surface area contributed by atoms with Crippen LogP contribution in [-0.4, -0.2) is 34.1 Å². The maximum absolute atomic E-state index is 9.81. The van der Waals surface area contributed by atoms with E-state index in [2.05, 4.69) is 10.4 Å². The largest absolute Gasteiger partial charge is 0.389 e. The predicted molar refractivity (Wildman–Crippen MR) is 78.8 cm³/mol. The Balaban J connectivity index is 1.67. The van der Waals surface area contributed by atoms with E-state index in [1.807, 2.05) is 43.6 Å². The number of halogens is 1. The Labute approximate surface area is 123 Å². The number of hydrogen-bond donors (Lipinski definition) is 2. The lowest BCUT2D eigenvalue weighted by molar-refractivity contribution is 0.0348. The molecule has 1 unspecified atom stereocenters. The number of ether oxygens (including phenoxy) is 1. The number of benzene rings is 1. The van der Waals surface area contributed by atoms with E-state index >= 15 is 0 Å². The Morgan fingerprint density at radius 2 is 2.20 bits per heavy atom. The quantitative estimate of drug-likeness (QED) is 0.821. The molecule has 20 heavy (non-hydrogen) atoms. The molecule has 0 amide bonds. The topological polar surface area (TPSA) is 59.3 Å². The van der Waals surface area contributed by atoms with Crippen molar-refractivity contribution in [2.45, 2.75) is 12.7 Å². The van der Waals surface area contributed by atoms with Crippen LogP contribution in [0.1, 0.15) is 5.56 Å². The molecule has 1 aromatic heterocycles. The highest BCUT2D eigenvalue weighted by Gasteiger charge is 2.06. The third kappa shape index (κ3) is 4.52. The molecule has 0 bridgehead atoms. The van der Waals surface area contributed by atoms with Crippen molar-refractivity contribution in [3.63, 3.8) is 0 Å². The Morgan fingerprint density at radius 1 is 1.40 bits per heavy atom. The highest BCUT2D eigenvalue weighted by molar-refractivity contribution is 6.31. The van der Waals surface area contributed by atoms with Gasteiger partial charge in [-0.25, -0.2) is 0 Å². The second kappa shape index (κ2) is 7.28. The van der Waals surface area contributed by atoms with Crippen molar-refractivity contribution in [1.29, 1.82) is 0 Å². The summed E-state index contributed by atoms with van der Waals surface area (Å²) in [6.07, 6.45) is 1.24. The van der Waals surface area contributed by atoms with Crippen LogP contribution < -0.4 is 5.32 Å². The van der Waals surface area contributed by atoms with E-state index in [0.29, 0.717) is 18.2 Å². The van der Waals surface area contributed by atoms with Crippen LogP contribution in [0.25, 0.3) is 0 Å². The summed E-state index contributed by atoms with van der Waals surface area (Å²) < 4.78 is 7.15. The number of rotatable bonds is 7. The summed E-state index contributed by atoms with van der Waals surface area (Å²) in [6.45, 7) is 1.02. The lowest BCUT2D eigenvalue weighted by Crippen LogP contribution is -2.25. The zero-order valence-corrected chi connectivity index (χ0v) is 12.0. The number of aliphatic hydroxyl groups excluding tert-OH is 1. The van der Waals surface area contributed by atoms with Gasteiger partial charge in [-0.15, -0.1) is 0 Å². The number of anilines is 1. The van der Waals surface area contributed by atoms with Crippen molar-refractivity contribution < 1.29 is 9.84 Å². The molecule has 0 aliphatic heterocycles. The first-order valence-corrected chi connectivity index (χ1v) is 6.75. The molecule has 0 aliphatic carbocycles. The number of hydrogen-bond acceptors (Lipinski definition) is 4. The number of aromatic nitrogens is 2. The van der Waals surface area contributed by atoms with Gasteiger partial charge in [0.25, 0.3) is 0 Å². The number of nitrogens with zero attached hydrogens (tertiary/aromatic N) is 2. The first-order chi connectivity index (χ1) is 9.65. The predicted octanol–water partition coefficient (Wildman–Crippen LogP) is 2.06. The van der Waals surface area contributed by atoms with E-state index < -0.39 is 6.10 Å². The van der Waals surface area contributed by atoms with Crippen LogP contribution in [0, 0.1) is 0 Å². The molecule has 108 valence electrons. The summed E-state index contributed by atoms with van der Waals surface area (Å²) in [7, 11) is 1.84. The van der Waals surface area contributed by atoms with Gasteiger partial charge >= 0.3 is 0 Å². The van der Waals surface area contributed by atoms with Crippen molar-refractivity contribution in [3.05, 3.63) is 47.1 Å². The lowest BCUT2D eigenvalue weighted by atomic mass is 10.2. The van der Waals surface area contributed by atoms with Crippen LogP contribution in [0.15, 0.2) is 36.5 Å². The van der Waals surface area contributed by atoms with Crippen LogP contribution in [0.4, 0.5) is 5.82 Å². The summed E-state index contributed by atoms with van der Waals surface area (Å²) in [5, 5.41) is 17.7. The van der Waals surface area contributed by atoms with Gasteiger partial charge in [0.2, 0.25) is 0 Å². The van der Waals surface area contributed by atoms with Gasteiger partial charge in [-0.1, -0.05) is 29.8 Å². The minimum absolute atomic E-state index is 0.241. The van der Waals surface area contributed by atoms with E-state index in [-0.39, 0.29) is 6.61 Å². The maximum Gasteiger partial charge on any atom is 0.148 e. The standard InChI is InChI=1S/C14H18ClN3O2/c1-18-7-6-14(17-18)16-8-12(19)10-20-9-11-4-2-3-5-13(11)15/h2-7,12,19H,8-10H2,1H3,(H,16,17). The molecule has 0 radical (unpaired) electrons. The average molecular weight is 296 g/mol. The summed E-state index contributed by atoms with van der Waals surface area (Å²) in [5.41, 5.74) is 0.916. The molecule has 6 heteroatoms. The van der Waals surface area contributed by atoms with Crippen LogP contribution in [0.5, 0.6) is 0 Å². The molecular formula is C14H18ClN3O2. The Hall–Kier alpha value is -1.56. The van der Waals surface area contributed by atoms with Crippen molar-refractivity contribution >= 4 is 17.4 Å². The van der Waals surface area contributed by atoms with Crippen LogP contribution >= 0.6 is 11.6 Å². The SMILES string of the molecule is Cn1ccc(NCC(O)COCc2ccccc2Cl)n1. The summed E-state index contributed by atoms with van der Waals surface area (Å²) in [6, 6.07) is 9.35. The Bertz CT molecular complexity index is 545. The van der Waals surface area contributed by atoms with Gasteiger partial charge in [0.15, 0.2) is 0 Å². The molecule has 0 fully saturated rings. The third-order valence-electron chi connectivity index (χ3n) is 2.76. The van der Waals surface area contributed by atoms with Gasteiger partial charge in [-0.3, -0.25) is 4.68 Å². The Kier molecular flexibility index (Phi) is 5.40. The number of aliphatic hydroxyl groups is 1. The fourth-order valence-electron chi connectivity index (χ4n) is 1.71. The van der Waals surface area contributed by atoms with Gasteiger partial charge in [-0.2, -0.15) is 5.10 Å². The molecule has 1 heterocycles. The van der Waals surface area contributed by atoms with Gasteiger partial charge in [0.05, 0.1) is 19.3 Å². The minimum Gasteiger partial charge on any atom is -0.389 e. The molecule has 0 saturated heterocycles. The van der Waals surface area contributed by atoms with Gasteiger partial charge in [-0.05, 0) is 11.6 Å². The second-order valence-electron chi connectivity index (χ2n) is 4.52. The second-order valence-corrected chi connectivity index (χ2v) is 4.92. The van der Waals surface area contributed by atoms with Crippen molar-refractivity contribution in [3.8, 4) is 0 Å². The Morgan fingerprint density at radius 3 is 2.90 bits per heavy atom. The molecule has 2 rings (SSSR count). The smallest absolute Gasteiger partial charge is 0.148 e. The first-order valence-electron chi connectivity index (χ1n) is 6.38. The van der Waals surface area contributed by atoms with Crippen molar-refractivity contribution in [2.75, 3.05) is 18.5 Å². The molecule has 1 atom stereocenters. The number of nitrogens with one attached hydrogen (secondary N) is 1. The van der Waals surface area contributed by atoms with Crippen LogP contribution in [0.2, 0.25) is 5.02 Å². The highest BCUT2D eigenvalue weighted by Crippen LogP contribution is 2.15. The molecule has 0 saturated carbocycles. The minimum atomic E-state index is -0.598. The molecule has 1 aromatic carbocycles. The van der Waals surface area contributed by atoms with Crippen molar-refractivity contribution in [2.24, 2.45) is 7.05 Å². The maximum atomic E-state index is 9.81. The summed E-state index contributed by atoms with van der Waals surface area (Å²) >= 11 is 6.02. The van der Waals surface area contributed by atoms with E-state index in [1.54, 1.807) is 4.68 Å². The first kappa shape index (κ1) is 14.8. The van der Waals surface area contributed by atoms with Gasteiger partial charge < -0.3 is 15.2 Å². The monoisotopic (exact) mass is 295 g/mol. The lowest BCUT2D eigenvalue weighted by Gasteiger charge is -2.12. The molecule has 2 aromatic rings. The summed E-state index contributed by atoms with van der Waals surface area (Å²) in [5.74, 6) is 0.734. The summed E-state index contributed by atoms with van der Waals surface area (Å²) in [4.78, 5) is 0. The molecule has 5 nitrogen and oxygen atoms in total. The van der Waals surface area contributed by atoms with Gasteiger partial charge in [0.1, 0.15) is 5.82 Å². The molecule has 2 N–H and O–H groups in total. The zero-order chi connectivity index (χ0) is 14.4. The molecule has 0 spiro atoms. The fraction of sp³-hybridized carbons (Fsp3) is 0.357. The fourth-order valence-corrected chi connectivity index (χ4v) is 1.90. The third-order valence-corrected chi connectivity index (χ3v) is 3.13. The van der Waals surface area contributed by atoms with E-state index in [9.17, 15) is 5.11 Å². The van der Waals surface area contributed by atoms with Crippen LogP contribution in [0.3, 0.4) is 0 Å². The number of aryl methyl sites for hydroxylation is 1. The van der Waals surface area contributed by atoms with Crippen molar-refractivity contribution in [1.82, 2.24) is 9.78 Å². The van der Waals surface area contributed by atoms with E-state index in [4.69, 9.17) is 16.3 Å².